The lowest BCUT2D eigenvalue weighted by atomic mass is 9.82. The van der Waals surface area contributed by atoms with Crippen LogP contribution in [0.1, 0.15) is 59.7 Å². The topological polar surface area (TPSA) is 32.9 Å². The standard InChI is InChI=1S/C48H38N4/c1-32-45-40(38-22-12-14-24-43(38)51(45)36-20-10-5-11-21-36)30-41-39-23-13-15-25-44(39)52(46(32)41)37-28-26-34(27-29-37)47-49-42(33-16-6-3-7-17-33)31-48(2,50-47)35-18-8-4-9-19-35/h3-30,32,45H,31H2,1-2H3. The summed E-state index contributed by atoms with van der Waals surface area (Å²) in [5.41, 5.74) is 14.2. The minimum atomic E-state index is -0.430. The molecule has 250 valence electrons. The Morgan fingerprint density at radius 1 is 0.635 bits per heavy atom. The highest BCUT2D eigenvalue weighted by atomic mass is 15.2. The molecule has 3 unspecified atom stereocenters. The molecule has 0 bridgehead atoms. The molecule has 4 nitrogen and oxygen atoms in total. The van der Waals surface area contributed by atoms with E-state index in [1.807, 2.05) is 0 Å². The summed E-state index contributed by atoms with van der Waals surface area (Å²) >= 11 is 0. The van der Waals surface area contributed by atoms with Gasteiger partial charge in [-0.25, -0.2) is 4.99 Å². The van der Waals surface area contributed by atoms with Gasteiger partial charge >= 0.3 is 0 Å². The van der Waals surface area contributed by atoms with E-state index in [9.17, 15) is 0 Å². The SMILES string of the molecule is CC1c2c(c3ccccc3n2-c2ccc(C3=NC(C)(c4ccccc4)CC(c4ccccc4)=N3)cc2)C=C2c3ccccc3N(c3ccccc3)C21. The molecular weight excluding hydrogens is 633 g/mol. The molecule has 1 aliphatic carbocycles. The van der Waals surface area contributed by atoms with Crippen LogP contribution in [-0.2, 0) is 5.54 Å². The van der Waals surface area contributed by atoms with Crippen LogP contribution in [0.4, 0.5) is 11.4 Å². The smallest absolute Gasteiger partial charge is 0.155 e. The fourth-order valence-corrected chi connectivity index (χ4v) is 8.83. The largest absolute Gasteiger partial charge is 0.333 e. The van der Waals surface area contributed by atoms with E-state index in [4.69, 9.17) is 9.98 Å². The van der Waals surface area contributed by atoms with Gasteiger partial charge in [-0.05, 0) is 78.2 Å². The molecule has 0 spiro atoms. The van der Waals surface area contributed by atoms with Crippen LogP contribution in [0.3, 0.4) is 0 Å². The molecular formula is C48H38N4. The highest BCUT2D eigenvalue weighted by Crippen LogP contribution is 2.54. The minimum absolute atomic E-state index is 0.174. The lowest BCUT2D eigenvalue weighted by Crippen LogP contribution is -2.34. The molecule has 3 atom stereocenters. The predicted octanol–water partition coefficient (Wildman–Crippen LogP) is 11.4. The van der Waals surface area contributed by atoms with Gasteiger partial charge in [0.1, 0.15) is 0 Å². The first-order chi connectivity index (χ1) is 25.6. The van der Waals surface area contributed by atoms with Gasteiger partial charge in [-0.1, -0.05) is 122 Å². The second-order valence-electron chi connectivity index (χ2n) is 14.4. The summed E-state index contributed by atoms with van der Waals surface area (Å²) in [6, 6.07) is 58.8. The normalized spacial score (nSPS) is 20.4. The molecule has 52 heavy (non-hydrogen) atoms. The Morgan fingerprint density at radius 2 is 1.29 bits per heavy atom. The predicted molar refractivity (Wildman–Crippen MR) is 216 cm³/mol. The number of hydrogen-bond acceptors (Lipinski definition) is 3. The van der Waals surface area contributed by atoms with E-state index in [2.05, 4.69) is 193 Å². The van der Waals surface area contributed by atoms with Crippen molar-refractivity contribution in [2.24, 2.45) is 9.98 Å². The molecule has 7 aromatic rings. The maximum Gasteiger partial charge on any atom is 0.155 e. The number of rotatable bonds is 5. The van der Waals surface area contributed by atoms with Crippen LogP contribution in [0.15, 0.2) is 174 Å². The van der Waals surface area contributed by atoms with E-state index < -0.39 is 5.54 Å². The van der Waals surface area contributed by atoms with Crippen LogP contribution < -0.4 is 4.90 Å². The third-order valence-corrected chi connectivity index (χ3v) is 11.3. The van der Waals surface area contributed by atoms with Gasteiger partial charge in [0, 0.05) is 57.2 Å². The molecule has 0 saturated heterocycles. The summed E-state index contributed by atoms with van der Waals surface area (Å²) in [7, 11) is 0. The van der Waals surface area contributed by atoms with E-state index in [0.29, 0.717) is 0 Å². The molecule has 0 fully saturated rings. The summed E-state index contributed by atoms with van der Waals surface area (Å²) in [5, 5.41) is 1.28. The summed E-state index contributed by atoms with van der Waals surface area (Å²) in [5.74, 6) is 0.979. The van der Waals surface area contributed by atoms with Crippen molar-refractivity contribution in [3.05, 3.63) is 197 Å². The Morgan fingerprint density at radius 3 is 2.06 bits per heavy atom. The Balaban J connectivity index is 1.10. The molecule has 3 heterocycles. The van der Waals surface area contributed by atoms with Crippen molar-refractivity contribution in [1.82, 2.24) is 4.57 Å². The fraction of sp³-hybridized carbons (Fsp3) is 0.125. The van der Waals surface area contributed by atoms with Crippen molar-refractivity contribution >= 4 is 45.5 Å². The third-order valence-electron chi connectivity index (χ3n) is 11.3. The maximum absolute atomic E-state index is 5.36. The lowest BCUT2D eigenvalue weighted by Gasteiger charge is -2.36. The number of fused-ring (bicyclic) bond motifs is 6. The van der Waals surface area contributed by atoms with E-state index in [0.717, 1.165) is 34.8 Å². The Hall–Kier alpha value is -6.26. The summed E-state index contributed by atoms with van der Waals surface area (Å²) in [4.78, 5) is 13.1. The molecule has 4 heteroatoms. The maximum atomic E-state index is 5.36. The number of aliphatic imine (C=N–C) groups is 2. The Kier molecular flexibility index (Phi) is 7.00. The molecule has 0 radical (unpaired) electrons. The molecule has 3 aliphatic rings. The monoisotopic (exact) mass is 670 g/mol. The van der Waals surface area contributed by atoms with Gasteiger partial charge in [0.2, 0.25) is 0 Å². The van der Waals surface area contributed by atoms with Crippen LogP contribution in [0.2, 0.25) is 0 Å². The first-order valence-corrected chi connectivity index (χ1v) is 18.3. The van der Waals surface area contributed by atoms with Crippen molar-refractivity contribution < 1.29 is 0 Å². The Labute approximate surface area is 304 Å². The molecule has 6 aromatic carbocycles. The molecule has 0 N–H and O–H groups in total. The average Bonchev–Trinajstić information content (AvgIpc) is 3.73. The van der Waals surface area contributed by atoms with Crippen molar-refractivity contribution in [3.63, 3.8) is 0 Å². The number of benzene rings is 6. The van der Waals surface area contributed by atoms with Gasteiger partial charge in [-0.3, -0.25) is 4.99 Å². The van der Waals surface area contributed by atoms with Gasteiger partial charge in [0.25, 0.3) is 0 Å². The van der Waals surface area contributed by atoms with Gasteiger partial charge in [-0.15, -0.1) is 0 Å². The van der Waals surface area contributed by atoms with Crippen LogP contribution in [0.5, 0.6) is 0 Å². The zero-order chi connectivity index (χ0) is 34.8. The van der Waals surface area contributed by atoms with Crippen molar-refractivity contribution in [2.75, 3.05) is 4.90 Å². The highest BCUT2D eigenvalue weighted by molar-refractivity contribution is 6.14. The van der Waals surface area contributed by atoms with Crippen LogP contribution >= 0.6 is 0 Å². The van der Waals surface area contributed by atoms with Crippen LogP contribution in [0.25, 0.3) is 28.2 Å². The summed E-state index contributed by atoms with van der Waals surface area (Å²) < 4.78 is 2.49. The van der Waals surface area contributed by atoms with Gasteiger partial charge in [0.05, 0.1) is 22.8 Å². The van der Waals surface area contributed by atoms with Crippen molar-refractivity contribution in [1.29, 1.82) is 0 Å². The highest BCUT2D eigenvalue weighted by Gasteiger charge is 2.43. The Bertz CT molecular complexity index is 2560. The number of nitrogens with zero attached hydrogens (tertiary/aromatic N) is 4. The lowest BCUT2D eigenvalue weighted by molar-refractivity contribution is 0.515. The fourth-order valence-electron chi connectivity index (χ4n) is 8.83. The number of anilines is 2. The number of para-hydroxylation sites is 3. The number of hydrogen-bond donors (Lipinski definition) is 0. The van der Waals surface area contributed by atoms with Crippen molar-refractivity contribution in [3.8, 4) is 5.69 Å². The zero-order valence-corrected chi connectivity index (χ0v) is 29.3. The van der Waals surface area contributed by atoms with E-state index in [1.165, 1.54) is 50.2 Å². The first kappa shape index (κ1) is 30.6. The summed E-state index contributed by atoms with van der Waals surface area (Å²) in [6.45, 7) is 4.64. The molecule has 0 amide bonds. The zero-order valence-electron chi connectivity index (χ0n) is 29.3. The second-order valence-corrected chi connectivity index (χ2v) is 14.4. The van der Waals surface area contributed by atoms with Gasteiger partial charge in [0.15, 0.2) is 5.84 Å². The van der Waals surface area contributed by atoms with Crippen molar-refractivity contribution in [2.45, 2.75) is 37.8 Å². The molecule has 1 aromatic heterocycles. The van der Waals surface area contributed by atoms with E-state index in [-0.39, 0.29) is 12.0 Å². The first-order valence-electron chi connectivity index (χ1n) is 18.3. The van der Waals surface area contributed by atoms with Gasteiger partial charge < -0.3 is 9.47 Å². The molecule has 0 saturated carbocycles. The quantitative estimate of drug-likeness (QED) is 0.179. The minimum Gasteiger partial charge on any atom is -0.333 e. The van der Waals surface area contributed by atoms with Gasteiger partial charge in [-0.2, -0.15) is 0 Å². The second kappa shape index (κ2) is 11.9. The molecule has 2 aliphatic heterocycles. The van der Waals surface area contributed by atoms with E-state index >= 15 is 0 Å². The number of aromatic nitrogens is 1. The molecule has 10 rings (SSSR count). The number of amidine groups is 1. The van der Waals surface area contributed by atoms with E-state index in [1.54, 1.807) is 0 Å². The third kappa shape index (κ3) is 4.75. The van der Waals surface area contributed by atoms with Crippen LogP contribution in [-0.4, -0.2) is 22.2 Å². The average molecular weight is 671 g/mol. The summed E-state index contributed by atoms with van der Waals surface area (Å²) in [6.07, 6.45) is 3.21. The van der Waals surface area contributed by atoms with Crippen LogP contribution in [0, 0.1) is 0 Å².